The third kappa shape index (κ3) is 4.12. The van der Waals surface area contributed by atoms with Crippen LogP contribution in [0.1, 0.15) is 27.8 Å². The van der Waals surface area contributed by atoms with Crippen molar-refractivity contribution in [2.45, 2.75) is 33.5 Å². The van der Waals surface area contributed by atoms with Crippen molar-refractivity contribution < 1.29 is 0 Å². The van der Waals surface area contributed by atoms with E-state index >= 15 is 0 Å². The number of aryl methyl sites for hydroxylation is 2. The van der Waals surface area contributed by atoms with Crippen molar-refractivity contribution in [1.82, 2.24) is 0 Å². The zero-order valence-electron chi connectivity index (χ0n) is 20.5. The number of benzene rings is 5. The molecule has 0 saturated carbocycles. The second-order valence-corrected chi connectivity index (χ2v) is 14.8. The van der Waals surface area contributed by atoms with Crippen LogP contribution in [0.4, 0.5) is 0 Å². The third-order valence-corrected chi connectivity index (χ3v) is 7.08. The average molecular weight is 453 g/mol. The van der Waals surface area contributed by atoms with E-state index in [1.54, 1.807) is 0 Å². The lowest BCUT2D eigenvalue weighted by Crippen LogP contribution is -2.16. The summed E-state index contributed by atoms with van der Waals surface area (Å²) in [5, 5.41) is 7.57. The monoisotopic (exact) mass is 452 g/mol. The maximum absolute atomic E-state index is 3.59. The van der Waals surface area contributed by atoms with Crippen LogP contribution in [-0.2, 0) is 0 Å². The molecule has 34 heavy (non-hydrogen) atoms. The van der Waals surface area contributed by atoms with Gasteiger partial charge in [0, 0.05) is 16.7 Å². The van der Waals surface area contributed by atoms with E-state index in [0.717, 1.165) is 16.7 Å². The van der Waals surface area contributed by atoms with Crippen LogP contribution in [0.15, 0.2) is 78.9 Å². The molecule has 5 aromatic carbocycles. The fourth-order valence-electron chi connectivity index (χ4n) is 4.64. The fraction of sp³-hybridized carbons (Fsp3) is 0.152. The van der Waals surface area contributed by atoms with E-state index in [4.69, 9.17) is 0 Å². The van der Waals surface area contributed by atoms with Crippen molar-refractivity contribution in [3.05, 3.63) is 107 Å². The Morgan fingerprint density at radius 3 is 1.68 bits per heavy atom. The molecule has 0 unspecified atom stereocenters. The first-order valence-electron chi connectivity index (χ1n) is 11.8. The zero-order valence-corrected chi connectivity index (χ0v) is 21.5. The summed E-state index contributed by atoms with van der Waals surface area (Å²) < 4.78 is 0. The molecule has 5 aromatic rings. The molecule has 0 aliphatic rings. The fourth-order valence-corrected chi connectivity index (χ4v) is 5.15. The maximum atomic E-state index is 3.59. The Hall–Kier alpha value is -3.78. The van der Waals surface area contributed by atoms with Crippen molar-refractivity contribution in [2.75, 3.05) is 0 Å². The van der Waals surface area contributed by atoms with E-state index in [1.807, 2.05) is 18.2 Å². The summed E-state index contributed by atoms with van der Waals surface area (Å²) in [5.74, 6) is 10.4. The van der Waals surface area contributed by atoms with Gasteiger partial charge in [0.1, 0.15) is 8.07 Å². The van der Waals surface area contributed by atoms with Gasteiger partial charge in [0.25, 0.3) is 0 Å². The molecular weight excluding hydrogens is 424 g/mol. The first kappa shape index (κ1) is 22.0. The number of rotatable bonds is 0. The Bertz CT molecular complexity index is 1690. The van der Waals surface area contributed by atoms with E-state index in [9.17, 15) is 0 Å². The molecule has 0 bridgehead atoms. The van der Waals surface area contributed by atoms with Crippen LogP contribution in [-0.4, -0.2) is 8.07 Å². The maximum Gasteiger partial charge on any atom is 0.129 e. The minimum atomic E-state index is -1.51. The molecule has 0 N–H and O–H groups in total. The van der Waals surface area contributed by atoms with Crippen molar-refractivity contribution in [1.29, 1.82) is 0 Å². The number of fused-ring (bicyclic) bond motifs is 5. The molecule has 0 spiro atoms. The Balaban J connectivity index is 1.93. The minimum absolute atomic E-state index is 1.03. The largest absolute Gasteiger partial charge is 0.129 e. The Labute approximate surface area is 203 Å². The molecule has 5 rings (SSSR count). The third-order valence-electron chi connectivity index (χ3n) is 6.20. The molecule has 0 radical (unpaired) electrons. The molecule has 1 heteroatoms. The molecule has 0 saturated heterocycles. The zero-order chi connectivity index (χ0) is 23.9. The van der Waals surface area contributed by atoms with Crippen LogP contribution >= 0.6 is 0 Å². The summed E-state index contributed by atoms with van der Waals surface area (Å²) in [6, 6.07) is 27.9. The summed E-state index contributed by atoms with van der Waals surface area (Å²) in [6.45, 7) is 11.3. The summed E-state index contributed by atoms with van der Waals surface area (Å²) in [6.07, 6.45) is 0. The van der Waals surface area contributed by atoms with Crippen LogP contribution in [0.2, 0.25) is 19.6 Å². The smallest absolute Gasteiger partial charge is 0.127 e. The first-order valence-corrected chi connectivity index (χ1v) is 15.3. The number of hydrogen-bond acceptors (Lipinski definition) is 0. The van der Waals surface area contributed by atoms with Crippen LogP contribution in [0.25, 0.3) is 32.3 Å². The molecule has 164 valence electrons. The summed E-state index contributed by atoms with van der Waals surface area (Å²) in [5.41, 5.74) is 9.35. The van der Waals surface area contributed by atoms with Gasteiger partial charge >= 0.3 is 0 Å². The first-order chi connectivity index (χ1) is 16.3. The second-order valence-electron chi connectivity index (χ2n) is 10.1. The summed E-state index contributed by atoms with van der Waals surface area (Å²) in [7, 11) is -1.51. The van der Waals surface area contributed by atoms with Crippen molar-refractivity contribution >= 4 is 40.4 Å². The van der Waals surface area contributed by atoms with E-state index in [0.29, 0.717) is 0 Å². The molecular formula is C33H28Si. The van der Waals surface area contributed by atoms with E-state index in [1.165, 1.54) is 43.4 Å². The van der Waals surface area contributed by atoms with Crippen LogP contribution < -0.4 is 0 Å². The summed E-state index contributed by atoms with van der Waals surface area (Å²) >= 11 is 0. The van der Waals surface area contributed by atoms with Crippen LogP contribution in [0.3, 0.4) is 0 Å². The van der Waals surface area contributed by atoms with Gasteiger partial charge in [-0.15, -0.1) is 5.54 Å². The highest BCUT2D eigenvalue weighted by Crippen LogP contribution is 2.38. The highest BCUT2D eigenvalue weighted by molar-refractivity contribution is 6.83. The minimum Gasteiger partial charge on any atom is -0.127 e. The van der Waals surface area contributed by atoms with E-state index in [-0.39, 0.29) is 0 Å². The Morgan fingerprint density at radius 1 is 0.559 bits per heavy atom. The van der Waals surface area contributed by atoms with Gasteiger partial charge in [-0.3, -0.25) is 0 Å². The SMILES string of the molecule is Cc1cccc2c(C#Cc3ccccc3)cc3cc(C#C[Si](C)(C)C)c4cccc(C)c4c3c12. The lowest BCUT2D eigenvalue weighted by Gasteiger charge is -2.15. The van der Waals surface area contributed by atoms with Crippen LogP contribution in [0.5, 0.6) is 0 Å². The van der Waals surface area contributed by atoms with E-state index < -0.39 is 8.07 Å². The summed E-state index contributed by atoms with van der Waals surface area (Å²) in [4.78, 5) is 0. The highest BCUT2D eigenvalue weighted by atomic mass is 28.3. The molecule has 0 fully saturated rings. The quantitative estimate of drug-likeness (QED) is 0.126. The molecule has 0 nitrogen and oxygen atoms in total. The predicted molar refractivity (Wildman–Crippen MR) is 151 cm³/mol. The molecule has 0 aliphatic heterocycles. The average Bonchev–Trinajstić information content (AvgIpc) is 2.81. The van der Waals surface area contributed by atoms with Crippen molar-refractivity contribution in [3.8, 4) is 23.3 Å². The van der Waals surface area contributed by atoms with Gasteiger partial charge in [0.15, 0.2) is 0 Å². The molecule has 0 atom stereocenters. The van der Waals surface area contributed by atoms with Gasteiger partial charge in [-0.1, -0.05) is 92.0 Å². The van der Waals surface area contributed by atoms with Gasteiger partial charge in [0.2, 0.25) is 0 Å². The van der Waals surface area contributed by atoms with Gasteiger partial charge in [-0.2, -0.15) is 0 Å². The number of hydrogen-bond donors (Lipinski definition) is 0. The molecule has 0 amide bonds. The van der Waals surface area contributed by atoms with Gasteiger partial charge in [-0.05, 0) is 81.6 Å². The standard InChI is InChI=1S/C33H28Si/c1-23-11-9-15-29-26(18-17-25-13-7-6-8-14-25)21-28-22-27(19-20-34(3,4)5)30-16-10-12-24(2)32(30)33(28)31(23)29/h6-16,21-22H,1-5H3. The van der Waals surface area contributed by atoms with E-state index in [2.05, 4.69) is 117 Å². The Morgan fingerprint density at radius 2 is 1.12 bits per heavy atom. The molecule has 0 heterocycles. The molecule has 0 aromatic heterocycles. The van der Waals surface area contributed by atoms with Gasteiger partial charge < -0.3 is 0 Å². The molecule has 0 aliphatic carbocycles. The lowest BCUT2D eigenvalue weighted by atomic mass is 9.88. The van der Waals surface area contributed by atoms with Gasteiger partial charge in [0.05, 0.1) is 0 Å². The lowest BCUT2D eigenvalue weighted by molar-refractivity contribution is 1.52. The Kier molecular flexibility index (Phi) is 5.53. The normalized spacial score (nSPS) is 11.2. The van der Waals surface area contributed by atoms with Crippen LogP contribution in [0, 0.1) is 37.2 Å². The highest BCUT2D eigenvalue weighted by Gasteiger charge is 2.15. The van der Waals surface area contributed by atoms with Crippen molar-refractivity contribution in [3.63, 3.8) is 0 Å². The predicted octanol–water partition coefficient (Wildman–Crippen LogP) is 8.39. The van der Waals surface area contributed by atoms with Crippen molar-refractivity contribution in [2.24, 2.45) is 0 Å². The topological polar surface area (TPSA) is 0 Å². The second kappa shape index (κ2) is 8.53. The van der Waals surface area contributed by atoms with Gasteiger partial charge in [-0.25, -0.2) is 0 Å².